The molecule has 0 spiro atoms. The molecule has 3 aliphatic rings. The monoisotopic (exact) mass is 517 g/mol. The zero-order chi connectivity index (χ0) is 26.5. The van der Waals surface area contributed by atoms with E-state index >= 15 is 0 Å². The molecule has 1 aliphatic carbocycles. The number of methoxy groups -OCH3 is 1. The maximum Gasteiger partial charge on any atom is 0.410 e. The molecule has 2 heterocycles. The summed E-state index contributed by atoms with van der Waals surface area (Å²) >= 11 is 0. The first-order valence-corrected chi connectivity index (χ1v) is 13.9. The van der Waals surface area contributed by atoms with Crippen LogP contribution >= 0.6 is 0 Å². The van der Waals surface area contributed by atoms with Gasteiger partial charge in [0.05, 0.1) is 12.7 Å². The van der Waals surface area contributed by atoms with Gasteiger partial charge in [-0.15, -0.1) is 0 Å². The fourth-order valence-corrected chi connectivity index (χ4v) is 7.24. The molecule has 0 N–H and O–H groups in total. The van der Waals surface area contributed by atoms with Gasteiger partial charge in [0, 0.05) is 23.9 Å². The van der Waals surface area contributed by atoms with Crippen LogP contribution in [0.2, 0.25) is 0 Å². The van der Waals surface area contributed by atoms with Crippen LogP contribution in [0.5, 0.6) is 5.75 Å². The Morgan fingerprint density at radius 3 is 2.08 bits per heavy atom. The first kappa shape index (κ1) is 24.0. The van der Waals surface area contributed by atoms with Gasteiger partial charge in [0.25, 0.3) is 0 Å². The van der Waals surface area contributed by atoms with Crippen LogP contribution in [-0.2, 0) is 4.74 Å². The Kier molecular flexibility index (Phi) is 5.88. The molecule has 0 radical (unpaired) electrons. The van der Waals surface area contributed by atoms with Gasteiger partial charge in [0.2, 0.25) is 0 Å². The fourth-order valence-electron chi connectivity index (χ4n) is 7.24. The standard InChI is InChI=1S/C34H31NO4/c1-38-31-17-14-21-8-2-3-9-25(21)32(31)33(36)22-18-23-15-16-24(19-22)35(23)34(37)39-20-30-28-12-6-4-10-26(28)27-11-5-7-13-29(27)30/h2-14,17,22-24,30H,15-16,18-20H2,1H3. The highest BCUT2D eigenvalue weighted by Gasteiger charge is 2.46. The smallest absolute Gasteiger partial charge is 0.410 e. The number of Topliss-reactive ketones (excluding diaryl/α,β-unsaturated/α-hetero) is 1. The molecule has 2 fully saturated rings. The number of rotatable bonds is 5. The molecular weight excluding hydrogens is 486 g/mol. The van der Waals surface area contributed by atoms with Crippen molar-refractivity contribution >= 4 is 22.6 Å². The molecule has 0 saturated carbocycles. The van der Waals surface area contributed by atoms with Crippen LogP contribution < -0.4 is 4.74 Å². The second-order valence-electron chi connectivity index (χ2n) is 11.0. The van der Waals surface area contributed by atoms with Crippen molar-refractivity contribution in [3.8, 4) is 16.9 Å². The van der Waals surface area contributed by atoms with Crippen molar-refractivity contribution in [1.29, 1.82) is 0 Å². The quantitative estimate of drug-likeness (QED) is 0.262. The van der Waals surface area contributed by atoms with E-state index in [4.69, 9.17) is 9.47 Å². The lowest BCUT2D eigenvalue weighted by molar-refractivity contribution is 0.0505. The van der Waals surface area contributed by atoms with Crippen LogP contribution in [0.4, 0.5) is 4.79 Å². The van der Waals surface area contributed by atoms with Gasteiger partial charge in [-0.05, 0) is 64.8 Å². The van der Waals surface area contributed by atoms with Crippen LogP contribution in [-0.4, -0.2) is 42.6 Å². The number of amides is 1. The largest absolute Gasteiger partial charge is 0.496 e. The van der Waals surface area contributed by atoms with E-state index in [2.05, 4.69) is 36.4 Å². The number of ether oxygens (including phenoxy) is 2. The highest BCUT2D eigenvalue weighted by molar-refractivity contribution is 6.11. The van der Waals surface area contributed by atoms with Gasteiger partial charge >= 0.3 is 6.09 Å². The van der Waals surface area contributed by atoms with Gasteiger partial charge in [-0.3, -0.25) is 4.79 Å². The van der Waals surface area contributed by atoms with E-state index in [0.29, 0.717) is 30.8 Å². The summed E-state index contributed by atoms with van der Waals surface area (Å²) in [5, 5.41) is 1.95. The van der Waals surface area contributed by atoms with E-state index < -0.39 is 0 Å². The molecule has 7 rings (SSSR count). The highest BCUT2D eigenvalue weighted by Crippen LogP contribution is 2.46. The maximum absolute atomic E-state index is 13.9. The Morgan fingerprint density at radius 2 is 1.41 bits per heavy atom. The molecule has 4 aromatic carbocycles. The topological polar surface area (TPSA) is 55.8 Å². The fraction of sp³-hybridized carbons (Fsp3) is 0.294. The Bertz CT molecular complexity index is 1530. The van der Waals surface area contributed by atoms with E-state index in [0.717, 1.165) is 23.6 Å². The van der Waals surface area contributed by atoms with Crippen LogP contribution in [0.1, 0.15) is 53.1 Å². The molecule has 0 aromatic heterocycles. The summed E-state index contributed by atoms with van der Waals surface area (Å²) in [5.41, 5.74) is 5.52. The van der Waals surface area contributed by atoms with Crippen molar-refractivity contribution in [2.45, 2.75) is 43.7 Å². The molecule has 2 atom stereocenters. The average molecular weight is 518 g/mol. The summed E-state index contributed by atoms with van der Waals surface area (Å²) in [5.74, 6) is 0.634. The van der Waals surface area contributed by atoms with Gasteiger partial charge in [0.1, 0.15) is 12.4 Å². The number of hydrogen-bond donors (Lipinski definition) is 0. The summed E-state index contributed by atoms with van der Waals surface area (Å²) in [6, 6.07) is 28.6. The van der Waals surface area contributed by atoms with Crippen molar-refractivity contribution in [3.63, 3.8) is 0 Å². The summed E-state index contributed by atoms with van der Waals surface area (Å²) < 4.78 is 11.6. The van der Waals surface area contributed by atoms with E-state index in [1.807, 2.05) is 53.4 Å². The molecule has 5 nitrogen and oxygen atoms in total. The number of carbonyl (C=O) groups excluding carboxylic acids is 2. The summed E-state index contributed by atoms with van der Waals surface area (Å²) in [7, 11) is 1.62. The van der Waals surface area contributed by atoms with Gasteiger partial charge < -0.3 is 14.4 Å². The van der Waals surface area contributed by atoms with Crippen LogP contribution in [0.15, 0.2) is 84.9 Å². The van der Waals surface area contributed by atoms with Crippen molar-refractivity contribution in [2.24, 2.45) is 5.92 Å². The third-order valence-corrected chi connectivity index (χ3v) is 9.01. The van der Waals surface area contributed by atoms with Gasteiger partial charge in [-0.1, -0.05) is 78.9 Å². The van der Waals surface area contributed by atoms with Crippen molar-refractivity contribution in [3.05, 3.63) is 102 Å². The van der Waals surface area contributed by atoms with Crippen LogP contribution in [0.3, 0.4) is 0 Å². The van der Waals surface area contributed by atoms with E-state index in [9.17, 15) is 9.59 Å². The molecule has 2 bridgehead atoms. The van der Waals surface area contributed by atoms with Gasteiger partial charge in [-0.2, -0.15) is 0 Å². The minimum Gasteiger partial charge on any atom is -0.496 e. The second kappa shape index (κ2) is 9.57. The molecule has 2 saturated heterocycles. The third-order valence-electron chi connectivity index (χ3n) is 9.01. The van der Waals surface area contributed by atoms with Crippen LogP contribution in [0, 0.1) is 5.92 Å². The minimum atomic E-state index is -0.252. The number of piperidine rings is 1. The Balaban J connectivity index is 1.08. The van der Waals surface area contributed by atoms with E-state index in [1.54, 1.807) is 7.11 Å². The number of hydrogen-bond acceptors (Lipinski definition) is 4. The molecular formula is C34H31NO4. The van der Waals surface area contributed by atoms with Crippen LogP contribution in [0.25, 0.3) is 21.9 Å². The normalized spacial score (nSPS) is 21.5. The van der Waals surface area contributed by atoms with Gasteiger partial charge in [-0.25, -0.2) is 4.79 Å². The molecule has 39 heavy (non-hydrogen) atoms. The van der Waals surface area contributed by atoms with Crippen molar-refractivity contribution < 1.29 is 19.1 Å². The molecule has 5 heteroatoms. The zero-order valence-corrected chi connectivity index (χ0v) is 22.0. The lowest BCUT2D eigenvalue weighted by Crippen LogP contribution is -2.48. The predicted molar refractivity (Wildman–Crippen MR) is 151 cm³/mol. The number of nitrogens with zero attached hydrogens (tertiary/aromatic N) is 1. The first-order chi connectivity index (χ1) is 19.1. The highest BCUT2D eigenvalue weighted by atomic mass is 16.6. The predicted octanol–water partition coefficient (Wildman–Crippen LogP) is 7.22. The SMILES string of the molecule is COc1ccc2ccccc2c1C(=O)C1CC2CCC(C1)N2C(=O)OCC1c2ccccc2-c2ccccc21. The Morgan fingerprint density at radius 1 is 0.795 bits per heavy atom. The number of ketones is 1. The third kappa shape index (κ3) is 3.91. The lowest BCUT2D eigenvalue weighted by atomic mass is 9.83. The lowest BCUT2D eigenvalue weighted by Gasteiger charge is -2.38. The first-order valence-electron chi connectivity index (χ1n) is 13.9. The van der Waals surface area contributed by atoms with Crippen molar-refractivity contribution in [1.82, 2.24) is 4.90 Å². The number of carbonyl (C=O) groups is 2. The average Bonchev–Trinajstić information content (AvgIpc) is 3.45. The molecule has 1 amide bonds. The molecule has 196 valence electrons. The molecule has 4 aromatic rings. The van der Waals surface area contributed by atoms with E-state index in [-0.39, 0.29) is 35.8 Å². The molecule has 2 unspecified atom stereocenters. The molecule has 2 aliphatic heterocycles. The van der Waals surface area contributed by atoms with E-state index in [1.165, 1.54) is 22.3 Å². The maximum atomic E-state index is 13.9. The zero-order valence-electron chi connectivity index (χ0n) is 22.0. The Labute approximate surface area is 228 Å². The number of fused-ring (bicyclic) bond motifs is 6. The Hall–Kier alpha value is -4.12. The number of benzene rings is 4. The van der Waals surface area contributed by atoms with Crippen molar-refractivity contribution in [2.75, 3.05) is 13.7 Å². The summed E-state index contributed by atoms with van der Waals surface area (Å²) in [6.07, 6.45) is 2.88. The second-order valence-corrected chi connectivity index (χ2v) is 11.0. The summed E-state index contributed by atoms with van der Waals surface area (Å²) in [4.78, 5) is 29.3. The minimum absolute atomic E-state index is 0.0225. The van der Waals surface area contributed by atoms with Gasteiger partial charge in [0.15, 0.2) is 5.78 Å². The summed E-state index contributed by atoms with van der Waals surface area (Å²) in [6.45, 7) is 0.318.